The fourth-order valence-corrected chi connectivity index (χ4v) is 3.25. The highest BCUT2D eigenvalue weighted by atomic mass is 79.9. The van der Waals surface area contributed by atoms with Crippen molar-refractivity contribution in [2.75, 3.05) is 5.32 Å². The maximum atomic E-state index is 13.4. The lowest BCUT2D eigenvalue weighted by molar-refractivity contribution is -0.127. The molecule has 3 N–H and O–H groups in total. The van der Waals surface area contributed by atoms with E-state index in [4.69, 9.17) is 18.0 Å². The quantitative estimate of drug-likeness (QED) is 0.812. The maximum absolute atomic E-state index is 13.4. The first kappa shape index (κ1) is 15.4. The van der Waals surface area contributed by atoms with Crippen LogP contribution in [0.1, 0.15) is 25.3 Å². The van der Waals surface area contributed by atoms with Crippen LogP contribution in [0.15, 0.2) is 16.6 Å². The molecule has 1 amide bonds. The number of nitrogens with one attached hydrogen (secondary N) is 1. The van der Waals surface area contributed by atoms with E-state index in [0.717, 1.165) is 0 Å². The molecule has 0 aromatic heterocycles. The largest absolute Gasteiger partial charge is 0.392 e. The van der Waals surface area contributed by atoms with Crippen LogP contribution >= 0.6 is 28.1 Å². The average molecular weight is 359 g/mol. The molecule has 0 unspecified atom stereocenters. The fraction of sp³-hybridized carbons (Fsp3) is 0.429. The van der Waals surface area contributed by atoms with Crippen LogP contribution in [-0.2, 0) is 4.79 Å². The summed E-state index contributed by atoms with van der Waals surface area (Å²) in [5.41, 5.74) is 6.21. The monoisotopic (exact) mass is 358 g/mol. The van der Waals surface area contributed by atoms with Gasteiger partial charge in [-0.2, -0.15) is 0 Å². The number of halogens is 2. The number of anilines is 1. The summed E-state index contributed by atoms with van der Waals surface area (Å²) in [7, 11) is 0. The van der Waals surface area contributed by atoms with E-state index in [-0.39, 0.29) is 16.7 Å². The van der Waals surface area contributed by atoms with Gasteiger partial charge in [-0.3, -0.25) is 4.79 Å². The summed E-state index contributed by atoms with van der Waals surface area (Å²) in [4.78, 5) is 12.7. The van der Waals surface area contributed by atoms with E-state index in [9.17, 15) is 9.18 Å². The first-order valence-electron chi connectivity index (χ1n) is 6.33. The molecule has 1 aromatic carbocycles. The van der Waals surface area contributed by atoms with Crippen molar-refractivity contribution in [2.24, 2.45) is 17.1 Å². The Morgan fingerprint density at radius 3 is 2.65 bits per heavy atom. The molecule has 2 rings (SSSR count). The first-order chi connectivity index (χ1) is 9.26. The second-order valence-electron chi connectivity index (χ2n) is 5.50. The topological polar surface area (TPSA) is 55.1 Å². The van der Waals surface area contributed by atoms with Gasteiger partial charge in [-0.25, -0.2) is 4.39 Å². The summed E-state index contributed by atoms with van der Waals surface area (Å²) in [5.74, 6) is -0.130. The molecule has 0 spiro atoms. The molecule has 0 atom stereocenters. The van der Waals surface area contributed by atoms with Gasteiger partial charge in [0.1, 0.15) is 5.82 Å². The number of thiocarbonyl (C=S) groups is 1. The van der Waals surface area contributed by atoms with Crippen molar-refractivity contribution in [1.82, 2.24) is 0 Å². The number of carbonyl (C=O) groups is 1. The third-order valence-electron chi connectivity index (χ3n) is 3.82. The van der Waals surface area contributed by atoms with Crippen molar-refractivity contribution >= 4 is 44.7 Å². The van der Waals surface area contributed by atoms with E-state index in [1.54, 1.807) is 13.0 Å². The molecule has 1 fully saturated rings. The molecular formula is C14H16BrFN2OS. The molecule has 1 saturated carbocycles. The average Bonchev–Trinajstić information content (AvgIpc) is 2.31. The molecule has 1 aromatic rings. The number of rotatable bonds is 3. The molecule has 0 bridgehead atoms. The van der Waals surface area contributed by atoms with E-state index in [2.05, 4.69) is 28.2 Å². The zero-order valence-corrected chi connectivity index (χ0v) is 13.7. The van der Waals surface area contributed by atoms with Crippen molar-refractivity contribution in [3.63, 3.8) is 0 Å². The molecule has 6 heteroatoms. The van der Waals surface area contributed by atoms with Crippen LogP contribution in [0.5, 0.6) is 0 Å². The highest BCUT2D eigenvalue weighted by molar-refractivity contribution is 9.10. The van der Waals surface area contributed by atoms with Gasteiger partial charge in [0, 0.05) is 5.69 Å². The smallest absolute Gasteiger partial charge is 0.237 e. The van der Waals surface area contributed by atoms with Gasteiger partial charge in [-0.05, 0) is 59.3 Å². The number of nitrogens with two attached hydrogens (primary N) is 1. The number of amides is 1. The van der Waals surface area contributed by atoms with Crippen LogP contribution in [0.3, 0.4) is 0 Å². The van der Waals surface area contributed by atoms with Crippen molar-refractivity contribution in [2.45, 2.75) is 26.7 Å². The van der Waals surface area contributed by atoms with Crippen LogP contribution in [0.25, 0.3) is 0 Å². The first-order valence-corrected chi connectivity index (χ1v) is 7.53. The molecule has 1 aliphatic rings. The summed E-state index contributed by atoms with van der Waals surface area (Å²) in [5, 5.41) is 2.82. The molecule has 0 saturated heterocycles. The van der Waals surface area contributed by atoms with Gasteiger partial charge in [0.15, 0.2) is 0 Å². The third kappa shape index (κ3) is 2.59. The SMILES string of the molecule is Cc1cc(F)c(Br)cc1NC(=O)C1(C(N)=S)CC(C)C1. The fourth-order valence-electron chi connectivity index (χ4n) is 2.65. The second kappa shape index (κ2) is 5.41. The molecule has 20 heavy (non-hydrogen) atoms. The lowest BCUT2D eigenvalue weighted by atomic mass is 9.62. The van der Waals surface area contributed by atoms with Crippen molar-refractivity contribution in [1.29, 1.82) is 0 Å². The van der Waals surface area contributed by atoms with Gasteiger partial charge in [-0.15, -0.1) is 0 Å². The lowest BCUT2D eigenvalue weighted by Crippen LogP contribution is -2.53. The molecular weight excluding hydrogens is 343 g/mol. The molecule has 0 aliphatic heterocycles. The number of hydrogen-bond donors (Lipinski definition) is 2. The van der Waals surface area contributed by atoms with Gasteiger partial charge in [0.2, 0.25) is 5.91 Å². The summed E-state index contributed by atoms with van der Waals surface area (Å²) in [6, 6.07) is 2.93. The Labute approximate surface area is 131 Å². The van der Waals surface area contributed by atoms with Gasteiger partial charge >= 0.3 is 0 Å². The summed E-state index contributed by atoms with van der Waals surface area (Å²) in [6.45, 7) is 3.80. The number of carbonyl (C=O) groups excluding carboxylic acids is 1. The Morgan fingerprint density at radius 2 is 2.15 bits per heavy atom. The minimum absolute atomic E-state index is 0.204. The van der Waals surface area contributed by atoms with Gasteiger partial charge in [0.25, 0.3) is 0 Å². The predicted octanol–water partition coefficient (Wildman–Crippen LogP) is 3.54. The van der Waals surface area contributed by atoms with Crippen LogP contribution in [-0.4, -0.2) is 10.9 Å². The Hall–Kier alpha value is -1.01. The van der Waals surface area contributed by atoms with Crippen LogP contribution in [0, 0.1) is 24.1 Å². The van der Waals surface area contributed by atoms with Gasteiger partial charge in [0.05, 0.1) is 14.9 Å². The predicted molar refractivity (Wildman–Crippen MR) is 85.1 cm³/mol. The van der Waals surface area contributed by atoms with Crippen LogP contribution in [0.4, 0.5) is 10.1 Å². The zero-order chi connectivity index (χ0) is 15.1. The highest BCUT2D eigenvalue weighted by Gasteiger charge is 2.50. The maximum Gasteiger partial charge on any atom is 0.237 e. The van der Waals surface area contributed by atoms with Crippen molar-refractivity contribution in [3.05, 3.63) is 28.0 Å². The second-order valence-corrected chi connectivity index (χ2v) is 6.79. The van der Waals surface area contributed by atoms with Crippen LogP contribution < -0.4 is 11.1 Å². The van der Waals surface area contributed by atoms with Crippen molar-refractivity contribution < 1.29 is 9.18 Å². The van der Waals surface area contributed by atoms with Gasteiger partial charge < -0.3 is 11.1 Å². The van der Waals surface area contributed by atoms with Crippen molar-refractivity contribution in [3.8, 4) is 0 Å². The minimum atomic E-state index is -0.762. The lowest BCUT2D eigenvalue weighted by Gasteiger charge is -2.44. The van der Waals surface area contributed by atoms with E-state index in [1.165, 1.54) is 6.07 Å². The Bertz CT molecular complexity index is 585. The van der Waals surface area contributed by atoms with Gasteiger partial charge in [-0.1, -0.05) is 19.1 Å². The zero-order valence-electron chi connectivity index (χ0n) is 11.3. The Morgan fingerprint density at radius 1 is 1.55 bits per heavy atom. The normalized spacial score (nSPS) is 24.9. The number of benzene rings is 1. The van der Waals surface area contributed by atoms with E-state index in [0.29, 0.717) is 34.5 Å². The standard InChI is InChI=1S/C14H16BrFN2OS/c1-7-5-14(6-7,12(17)20)13(19)18-11-4-9(15)10(16)3-8(11)2/h3-4,7H,5-6H2,1-2H3,(H2,17,20)(H,18,19). The summed E-state index contributed by atoms with van der Waals surface area (Å²) < 4.78 is 13.7. The Balaban J connectivity index is 2.24. The van der Waals surface area contributed by atoms with E-state index >= 15 is 0 Å². The summed E-state index contributed by atoms with van der Waals surface area (Å²) >= 11 is 8.17. The highest BCUT2D eigenvalue weighted by Crippen LogP contribution is 2.46. The van der Waals surface area contributed by atoms with E-state index < -0.39 is 5.41 Å². The molecule has 108 valence electrons. The number of hydrogen-bond acceptors (Lipinski definition) is 2. The minimum Gasteiger partial charge on any atom is -0.392 e. The Kier molecular flexibility index (Phi) is 4.16. The molecule has 3 nitrogen and oxygen atoms in total. The molecule has 1 aliphatic carbocycles. The van der Waals surface area contributed by atoms with E-state index in [1.807, 2.05) is 0 Å². The van der Waals surface area contributed by atoms with Crippen LogP contribution in [0.2, 0.25) is 0 Å². The molecule has 0 radical (unpaired) electrons. The summed E-state index contributed by atoms with van der Waals surface area (Å²) in [6.07, 6.45) is 1.32. The third-order valence-corrected chi connectivity index (χ3v) is 4.81. The number of aryl methyl sites for hydroxylation is 1. The molecule has 0 heterocycles.